The molecule has 6 heteroatoms. The van der Waals surface area contributed by atoms with Gasteiger partial charge in [-0.1, -0.05) is 36.4 Å². The molecular formula is C26H28N4O2. The van der Waals surface area contributed by atoms with E-state index >= 15 is 0 Å². The molecule has 2 aromatic carbocycles. The van der Waals surface area contributed by atoms with Crippen molar-refractivity contribution >= 4 is 29.8 Å². The predicted molar refractivity (Wildman–Crippen MR) is 127 cm³/mol. The van der Waals surface area contributed by atoms with Gasteiger partial charge in [0.05, 0.1) is 5.69 Å². The highest BCUT2D eigenvalue weighted by molar-refractivity contribution is 6.06. The van der Waals surface area contributed by atoms with E-state index in [0.29, 0.717) is 29.9 Å². The highest BCUT2D eigenvalue weighted by atomic mass is 16.2. The maximum atomic E-state index is 13.6. The molecule has 5 rings (SSSR count). The SMILES string of the molecule is NC1=Nc2cc(-c3ccc(C=O)cc3)ccc2C=C(C(=O)N(C2CCNCC2)C2CC2)C1. The van der Waals surface area contributed by atoms with Crippen molar-refractivity contribution in [1.29, 1.82) is 0 Å². The summed E-state index contributed by atoms with van der Waals surface area (Å²) in [5.41, 5.74) is 11.3. The van der Waals surface area contributed by atoms with Gasteiger partial charge in [0.2, 0.25) is 0 Å². The number of nitrogens with one attached hydrogen (secondary N) is 1. The fraction of sp³-hybridized carbons (Fsp3) is 0.346. The topological polar surface area (TPSA) is 87.8 Å². The number of hydrogen-bond acceptors (Lipinski definition) is 5. The van der Waals surface area contributed by atoms with Crippen molar-refractivity contribution < 1.29 is 9.59 Å². The Morgan fingerprint density at radius 3 is 2.38 bits per heavy atom. The summed E-state index contributed by atoms with van der Waals surface area (Å²) < 4.78 is 0. The predicted octanol–water partition coefficient (Wildman–Crippen LogP) is 3.68. The third kappa shape index (κ3) is 4.23. The average molecular weight is 429 g/mol. The molecule has 0 spiro atoms. The zero-order chi connectivity index (χ0) is 22.1. The molecule has 2 fully saturated rings. The summed E-state index contributed by atoms with van der Waals surface area (Å²) in [7, 11) is 0. The van der Waals surface area contributed by atoms with E-state index in [1.54, 1.807) is 12.1 Å². The van der Waals surface area contributed by atoms with Crippen LogP contribution in [0.2, 0.25) is 0 Å². The Morgan fingerprint density at radius 2 is 1.69 bits per heavy atom. The van der Waals surface area contributed by atoms with Crippen LogP contribution in [0.15, 0.2) is 53.0 Å². The molecule has 0 radical (unpaired) electrons. The third-order valence-corrected chi connectivity index (χ3v) is 6.53. The van der Waals surface area contributed by atoms with Gasteiger partial charge in [0.15, 0.2) is 0 Å². The number of carbonyl (C=O) groups excluding carboxylic acids is 2. The van der Waals surface area contributed by atoms with Gasteiger partial charge < -0.3 is 16.0 Å². The number of carbonyl (C=O) groups is 2. The van der Waals surface area contributed by atoms with Crippen molar-refractivity contribution in [3.8, 4) is 11.1 Å². The molecule has 0 atom stereocenters. The Balaban J connectivity index is 1.46. The summed E-state index contributed by atoms with van der Waals surface area (Å²) in [4.78, 5) is 31.3. The van der Waals surface area contributed by atoms with Crippen molar-refractivity contribution in [2.24, 2.45) is 10.7 Å². The number of nitrogens with zero attached hydrogens (tertiary/aromatic N) is 2. The van der Waals surface area contributed by atoms with Crippen LogP contribution >= 0.6 is 0 Å². The fourth-order valence-corrected chi connectivity index (χ4v) is 4.69. The number of aldehydes is 1. The highest BCUT2D eigenvalue weighted by Crippen LogP contribution is 2.36. The standard InChI is InChI=1S/C26H28N4O2/c27-25-15-21(26(32)30(22-7-8-22)23-9-11-28-12-10-23)13-20-6-5-19(14-24(20)29-25)18-3-1-17(16-31)2-4-18/h1-6,13-14,16,22-23,28H,7-12,15H2,(H2,27,29). The van der Waals surface area contributed by atoms with Crippen LogP contribution in [0.5, 0.6) is 0 Å². The van der Waals surface area contributed by atoms with E-state index in [4.69, 9.17) is 5.73 Å². The minimum Gasteiger partial charge on any atom is -0.387 e. The summed E-state index contributed by atoms with van der Waals surface area (Å²) in [6, 6.07) is 14.1. The molecular weight excluding hydrogens is 400 g/mol. The van der Waals surface area contributed by atoms with Crippen molar-refractivity contribution in [2.75, 3.05) is 13.1 Å². The second kappa shape index (κ2) is 8.71. The van der Waals surface area contributed by atoms with Crippen molar-refractivity contribution in [2.45, 2.75) is 44.2 Å². The van der Waals surface area contributed by atoms with E-state index in [9.17, 15) is 9.59 Å². The lowest BCUT2D eigenvalue weighted by Gasteiger charge is -2.35. The molecule has 1 amide bonds. The molecule has 164 valence electrons. The average Bonchev–Trinajstić information content (AvgIpc) is 3.66. The molecule has 32 heavy (non-hydrogen) atoms. The number of piperidine rings is 1. The second-order valence-corrected chi connectivity index (χ2v) is 8.89. The van der Waals surface area contributed by atoms with Gasteiger partial charge in [-0.3, -0.25) is 9.59 Å². The Labute approximate surface area is 188 Å². The molecule has 2 aromatic rings. The minimum atomic E-state index is 0.110. The number of hydrogen-bond donors (Lipinski definition) is 2. The highest BCUT2D eigenvalue weighted by Gasteiger charge is 2.39. The molecule has 0 bridgehead atoms. The van der Waals surface area contributed by atoms with Gasteiger partial charge in [-0.15, -0.1) is 0 Å². The Bertz CT molecular complexity index is 1090. The van der Waals surface area contributed by atoms with Gasteiger partial charge in [0, 0.05) is 35.2 Å². The van der Waals surface area contributed by atoms with E-state index in [-0.39, 0.29) is 5.91 Å². The van der Waals surface area contributed by atoms with Crippen molar-refractivity contribution in [3.05, 3.63) is 59.2 Å². The molecule has 1 aliphatic carbocycles. The molecule has 3 aliphatic rings. The smallest absolute Gasteiger partial charge is 0.250 e. The first kappa shape index (κ1) is 20.6. The first-order chi connectivity index (χ1) is 15.6. The van der Waals surface area contributed by atoms with Crippen LogP contribution < -0.4 is 11.1 Å². The summed E-state index contributed by atoms with van der Waals surface area (Å²) in [5.74, 6) is 0.566. The minimum absolute atomic E-state index is 0.110. The molecule has 3 N–H and O–H groups in total. The number of aliphatic imine (C=N–C) groups is 1. The molecule has 0 aromatic heterocycles. The molecule has 2 heterocycles. The fourth-order valence-electron chi connectivity index (χ4n) is 4.69. The summed E-state index contributed by atoms with van der Waals surface area (Å²) in [6.07, 6.45) is 7.36. The third-order valence-electron chi connectivity index (χ3n) is 6.53. The summed E-state index contributed by atoms with van der Waals surface area (Å²) in [6.45, 7) is 1.92. The van der Waals surface area contributed by atoms with Crippen molar-refractivity contribution in [3.63, 3.8) is 0 Å². The molecule has 0 unspecified atom stereocenters. The number of fused-ring (bicyclic) bond motifs is 1. The van der Waals surface area contributed by atoms with Crippen LogP contribution in [-0.4, -0.2) is 48.1 Å². The van der Waals surface area contributed by atoms with Gasteiger partial charge in [-0.2, -0.15) is 0 Å². The van der Waals surface area contributed by atoms with E-state index in [0.717, 1.165) is 73.0 Å². The summed E-state index contributed by atoms with van der Waals surface area (Å²) in [5, 5.41) is 3.39. The van der Waals surface area contributed by atoms with Gasteiger partial charge in [-0.05, 0) is 62.0 Å². The quantitative estimate of drug-likeness (QED) is 0.711. The normalized spacial score (nSPS) is 18.8. The van der Waals surface area contributed by atoms with E-state index in [1.165, 1.54) is 0 Å². The summed E-state index contributed by atoms with van der Waals surface area (Å²) >= 11 is 0. The first-order valence-electron chi connectivity index (χ1n) is 11.4. The van der Waals surface area contributed by atoms with E-state index in [2.05, 4.69) is 15.2 Å². The maximum Gasteiger partial charge on any atom is 0.250 e. The number of amidine groups is 1. The van der Waals surface area contributed by atoms with Gasteiger partial charge >= 0.3 is 0 Å². The number of amides is 1. The van der Waals surface area contributed by atoms with Crippen LogP contribution in [0.4, 0.5) is 5.69 Å². The zero-order valence-corrected chi connectivity index (χ0v) is 18.1. The van der Waals surface area contributed by atoms with Gasteiger partial charge in [0.25, 0.3) is 5.91 Å². The Kier molecular flexibility index (Phi) is 5.62. The largest absolute Gasteiger partial charge is 0.387 e. The second-order valence-electron chi connectivity index (χ2n) is 8.89. The van der Waals surface area contributed by atoms with Crippen LogP contribution in [0.25, 0.3) is 17.2 Å². The van der Waals surface area contributed by atoms with Crippen LogP contribution in [0.1, 0.15) is 48.0 Å². The monoisotopic (exact) mass is 428 g/mol. The van der Waals surface area contributed by atoms with Crippen LogP contribution in [0.3, 0.4) is 0 Å². The zero-order valence-electron chi connectivity index (χ0n) is 18.1. The van der Waals surface area contributed by atoms with Gasteiger partial charge in [0.1, 0.15) is 12.1 Å². The first-order valence-corrected chi connectivity index (χ1v) is 11.4. The van der Waals surface area contributed by atoms with E-state index < -0.39 is 0 Å². The molecule has 1 saturated heterocycles. The molecule has 1 saturated carbocycles. The van der Waals surface area contributed by atoms with Crippen LogP contribution in [0, 0.1) is 0 Å². The van der Waals surface area contributed by atoms with E-state index in [1.807, 2.05) is 36.4 Å². The Hall–Kier alpha value is -3.25. The number of nitrogens with two attached hydrogens (primary N) is 1. The van der Waals surface area contributed by atoms with Crippen molar-refractivity contribution in [1.82, 2.24) is 10.2 Å². The lowest BCUT2D eigenvalue weighted by Crippen LogP contribution is -2.48. The number of benzene rings is 2. The number of rotatable bonds is 5. The lowest BCUT2D eigenvalue weighted by molar-refractivity contribution is -0.130. The molecule has 2 aliphatic heterocycles. The van der Waals surface area contributed by atoms with Gasteiger partial charge in [-0.25, -0.2) is 4.99 Å². The lowest BCUT2D eigenvalue weighted by atomic mass is 9.99. The molecule has 6 nitrogen and oxygen atoms in total. The maximum absolute atomic E-state index is 13.6. The Morgan fingerprint density at radius 1 is 1.00 bits per heavy atom. The van der Waals surface area contributed by atoms with Crippen LogP contribution in [-0.2, 0) is 4.79 Å².